The van der Waals surface area contributed by atoms with E-state index in [0.717, 1.165) is 72.3 Å². The predicted octanol–water partition coefficient (Wildman–Crippen LogP) is 4.79. The molecule has 11 heteroatoms. The Kier molecular flexibility index (Phi) is 8.43. The van der Waals surface area contributed by atoms with Crippen molar-refractivity contribution in [1.82, 2.24) is 14.9 Å². The quantitative estimate of drug-likeness (QED) is 0.338. The van der Waals surface area contributed by atoms with Crippen LogP contribution in [0.1, 0.15) is 55.8 Å². The van der Waals surface area contributed by atoms with Crippen LogP contribution in [-0.2, 0) is 24.1 Å². The number of alkyl halides is 1. The van der Waals surface area contributed by atoms with E-state index in [4.69, 9.17) is 24.2 Å². The van der Waals surface area contributed by atoms with Crippen LogP contribution in [0.2, 0.25) is 0 Å². The summed E-state index contributed by atoms with van der Waals surface area (Å²) in [5.41, 5.74) is 3.15. The Morgan fingerprint density at radius 1 is 1.07 bits per heavy atom. The van der Waals surface area contributed by atoms with Crippen LogP contribution in [0.4, 0.5) is 20.3 Å². The summed E-state index contributed by atoms with van der Waals surface area (Å²) in [7, 11) is 1.58. The fraction of sp³-hybridized carbons (Fsp3) is 0.588. The maximum absolute atomic E-state index is 15.1. The van der Waals surface area contributed by atoms with Gasteiger partial charge in [-0.1, -0.05) is 13.0 Å². The minimum absolute atomic E-state index is 0.108. The van der Waals surface area contributed by atoms with Gasteiger partial charge in [0.25, 0.3) is 0 Å². The summed E-state index contributed by atoms with van der Waals surface area (Å²) < 4.78 is 47.0. The van der Waals surface area contributed by atoms with Gasteiger partial charge in [0, 0.05) is 62.4 Å². The van der Waals surface area contributed by atoms with E-state index in [1.165, 1.54) is 6.07 Å². The molecule has 0 amide bonds. The lowest BCUT2D eigenvalue weighted by Gasteiger charge is -2.37. The van der Waals surface area contributed by atoms with Crippen molar-refractivity contribution in [2.45, 2.75) is 76.2 Å². The number of aromatic nitrogens is 2. The molecule has 1 N–H and O–H groups in total. The van der Waals surface area contributed by atoms with Crippen molar-refractivity contribution in [2.24, 2.45) is 0 Å². The topological polar surface area (TPSA) is 83.4 Å². The second-order valence-corrected chi connectivity index (χ2v) is 13.0. The Bertz CT molecular complexity index is 1560. The van der Waals surface area contributed by atoms with Gasteiger partial charge >= 0.3 is 6.01 Å². The largest absolute Gasteiger partial charge is 0.467 e. The molecule has 0 radical (unpaired) electrons. The molecule has 4 aliphatic heterocycles. The number of piperidine rings is 1. The molecule has 5 heterocycles. The molecular formula is C34H43F2N5O4. The first kappa shape index (κ1) is 30.4. The molecule has 7 rings (SSSR count). The average Bonchev–Trinajstić information content (AvgIpc) is 3.57. The zero-order chi connectivity index (χ0) is 31.1. The van der Waals surface area contributed by atoms with E-state index in [0.29, 0.717) is 63.4 Å². The summed E-state index contributed by atoms with van der Waals surface area (Å²) in [5.74, 6) is 1.24. The minimum atomic E-state index is -0.839. The number of rotatable bonds is 9. The molecule has 4 aliphatic rings. The van der Waals surface area contributed by atoms with E-state index in [1.807, 2.05) is 19.1 Å². The summed E-state index contributed by atoms with van der Waals surface area (Å²) >= 11 is 0. The Hall–Kier alpha value is -3.28. The van der Waals surface area contributed by atoms with Crippen molar-refractivity contribution in [3.8, 4) is 11.8 Å². The fourth-order valence-electron chi connectivity index (χ4n) is 7.99. The first-order valence-corrected chi connectivity index (χ1v) is 16.3. The second-order valence-electron chi connectivity index (χ2n) is 13.0. The standard InChI is InChI=1S/C34H43F2N5O4/c1-3-26-28(36)8-7-22-14-25(45-21-43-2)15-30(31(22)26)39-13-9-27-29(19-39)37-33(38-32(27)40-11-4-6-24(42)18-40)44-20-34-10-5-12-41(34)17-23(35)16-34/h7-8,14-15,23-24,42H,3-6,9-13,16-21H2,1-2H3/t23-,24?,34+/m1/s1. The number of aryl methyl sites for hydroxylation is 1. The molecule has 9 nitrogen and oxygen atoms in total. The zero-order valence-corrected chi connectivity index (χ0v) is 26.2. The van der Waals surface area contributed by atoms with Crippen LogP contribution in [0.15, 0.2) is 24.3 Å². The molecule has 3 fully saturated rings. The fourth-order valence-corrected chi connectivity index (χ4v) is 7.99. The Morgan fingerprint density at radius 3 is 2.78 bits per heavy atom. The van der Waals surface area contributed by atoms with Gasteiger partial charge in [-0.05, 0) is 68.2 Å². The summed E-state index contributed by atoms with van der Waals surface area (Å²) in [5, 5.41) is 12.3. The molecule has 0 bridgehead atoms. The number of aliphatic hydroxyl groups is 1. The lowest BCUT2D eigenvalue weighted by molar-refractivity contribution is 0.0512. The number of ether oxygens (including phenoxy) is 3. The number of nitrogens with zero attached hydrogens (tertiary/aromatic N) is 5. The molecule has 1 aromatic heterocycles. The third-order valence-corrected chi connectivity index (χ3v) is 10.1. The molecule has 0 spiro atoms. The zero-order valence-electron chi connectivity index (χ0n) is 26.2. The highest BCUT2D eigenvalue weighted by Gasteiger charge is 2.49. The number of aliphatic hydroxyl groups excluding tert-OH is 1. The van der Waals surface area contributed by atoms with E-state index in [-0.39, 0.29) is 24.2 Å². The third-order valence-electron chi connectivity index (χ3n) is 10.1. The number of β-amino-alcohol motifs (C(OH)–C–C–N with tert-alkyl or cyclic N) is 1. The van der Waals surface area contributed by atoms with Gasteiger partial charge < -0.3 is 29.1 Å². The second kappa shape index (κ2) is 12.5. The van der Waals surface area contributed by atoms with Gasteiger partial charge in [-0.15, -0.1) is 0 Å². The normalized spacial score (nSPS) is 25.1. The lowest BCUT2D eigenvalue weighted by Crippen LogP contribution is -2.44. The molecule has 0 saturated carbocycles. The van der Waals surface area contributed by atoms with Crippen LogP contribution in [-0.4, -0.2) is 91.0 Å². The van der Waals surface area contributed by atoms with Crippen LogP contribution < -0.4 is 19.3 Å². The summed E-state index contributed by atoms with van der Waals surface area (Å²) in [6.45, 7) is 6.24. The van der Waals surface area contributed by atoms with Crippen LogP contribution in [0.3, 0.4) is 0 Å². The van der Waals surface area contributed by atoms with Crippen molar-refractivity contribution < 1.29 is 28.1 Å². The minimum Gasteiger partial charge on any atom is -0.467 e. The maximum atomic E-state index is 15.1. The van der Waals surface area contributed by atoms with E-state index in [2.05, 4.69) is 14.7 Å². The van der Waals surface area contributed by atoms with Crippen molar-refractivity contribution in [3.63, 3.8) is 0 Å². The highest BCUT2D eigenvalue weighted by Crippen LogP contribution is 2.42. The third kappa shape index (κ3) is 5.79. The first-order chi connectivity index (χ1) is 21.9. The number of anilines is 2. The van der Waals surface area contributed by atoms with E-state index in [1.54, 1.807) is 13.2 Å². The number of hydrogen-bond donors (Lipinski definition) is 1. The van der Waals surface area contributed by atoms with Crippen LogP contribution in [0, 0.1) is 5.82 Å². The number of halogens is 2. The monoisotopic (exact) mass is 623 g/mol. The summed E-state index contributed by atoms with van der Waals surface area (Å²) in [4.78, 5) is 16.5. The van der Waals surface area contributed by atoms with Crippen molar-refractivity contribution in [2.75, 3.05) is 63.0 Å². The van der Waals surface area contributed by atoms with Gasteiger partial charge in [0.15, 0.2) is 6.79 Å². The van der Waals surface area contributed by atoms with Crippen molar-refractivity contribution in [1.29, 1.82) is 0 Å². The highest BCUT2D eigenvalue weighted by atomic mass is 19.1. The number of methoxy groups -OCH3 is 1. The summed E-state index contributed by atoms with van der Waals surface area (Å²) in [6.07, 6.45) is 4.05. The molecule has 3 atom stereocenters. The number of hydrogen-bond acceptors (Lipinski definition) is 9. The van der Waals surface area contributed by atoms with E-state index in [9.17, 15) is 9.50 Å². The number of benzene rings is 2. The molecule has 0 aliphatic carbocycles. The summed E-state index contributed by atoms with van der Waals surface area (Å²) in [6, 6.07) is 7.51. The molecule has 3 saturated heterocycles. The maximum Gasteiger partial charge on any atom is 0.318 e. The molecular weight excluding hydrogens is 580 g/mol. The van der Waals surface area contributed by atoms with Crippen molar-refractivity contribution >= 4 is 22.3 Å². The van der Waals surface area contributed by atoms with Crippen LogP contribution in [0.25, 0.3) is 10.8 Å². The SMILES string of the molecule is CCc1c(F)ccc2cc(OCOC)cc(N3CCc4c(nc(OC[C@@]56CCCN5C[C@H](F)C6)nc4N4CCCC(O)C4)C3)c12. The van der Waals surface area contributed by atoms with Crippen LogP contribution >= 0.6 is 0 Å². The average molecular weight is 624 g/mol. The predicted molar refractivity (Wildman–Crippen MR) is 169 cm³/mol. The van der Waals surface area contributed by atoms with E-state index >= 15 is 4.39 Å². The molecule has 1 unspecified atom stereocenters. The Morgan fingerprint density at radius 2 is 1.96 bits per heavy atom. The van der Waals surface area contributed by atoms with Crippen molar-refractivity contribution in [3.05, 3.63) is 46.9 Å². The first-order valence-electron chi connectivity index (χ1n) is 16.3. The smallest absolute Gasteiger partial charge is 0.318 e. The lowest BCUT2D eigenvalue weighted by atomic mass is 9.95. The molecule has 2 aromatic carbocycles. The Labute approximate surface area is 263 Å². The number of fused-ring (bicyclic) bond motifs is 3. The van der Waals surface area contributed by atoms with Gasteiger partial charge in [-0.25, -0.2) is 8.78 Å². The van der Waals surface area contributed by atoms with Gasteiger partial charge in [-0.2, -0.15) is 9.97 Å². The highest BCUT2D eigenvalue weighted by molar-refractivity contribution is 5.98. The van der Waals surface area contributed by atoms with Gasteiger partial charge in [0.1, 0.15) is 30.2 Å². The van der Waals surface area contributed by atoms with Gasteiger partial charge in [0.05, 0.1) is 23.9 Å². The molecule has 242 valence electrons. The van der Waals surface area contributed by atoms with E-state index < -0.39 is 12.3 Å². The molecule has 45 heavy (non-hydrogen) atoms. The van der Waals surface area contributed by atoms with Crippen LogP contribution in [0.5, 0.6) is 11.8 Å². The van der Waals surface area contributed by atoms with Gasteiger partial charge in [-0.3, -0.25) is 4.90 Å². The molecule has 3 aromatic rings. The van der Waals surface area contributed by atoms with Gasteiger partial charge in [0.2, 0.25) is 0 Å². The Balaban J connectivity index is 1.26.